The summed E-state index contributed by atoms with van der Waals surface area (Å²) in [6, 6.07) is 5.77. The first kappa shape index (κ1) is 19.6. The zero-order chi connectivity index (χ0) is 21.2. The molecule has 2 aliphatic rings. The van der Waals surface area contributed by atoms with Crippen LogP contribution in [0.2, 0.25) is 0 Å². The predicted octanol–water partition coefficient (Wildman–Crippen LogP) is 3.29. The van der Waals surface area contributed by atoms with E-state index in [4.69, 9.17) is 0 Å². The van der Waals surface area contributed by atoms with E-state index in [0.29, 0.717) is 12.3 Å². The Balaban J connectivity index is 1.38. The molecule has 7 nitrogen and oxygen atoms in total. The van der Waals surface area contributed by atoms with Crippen molar-refractivity contribution in [1.82, 2.24) is 19.7 Å². The summed E-state index contributed by atoms with van der Waals surface area (Å²) < 4.78 is 2.85. The van der Waals surface area contributed by atoms with E-state index in [0.717, 1.165) is 50.0 Å². The summed E-state index contributed by atoms with van der Waals surface area (Å²) >= 11 is 2.25. The molecule has 3 atom stereocenters. The topological polar surface area (TPSA) is 83.0 Å². The summed E-state index contributed by atoms with van der Waals surface area (Å²) in [4.78, 5) is 31.5. The molecule has 3 heterocycles. The van der Waals surface area contributed by atoms with Gasteiger partial charge >= 0.3 is 0 Å². The van der Waals surface area contributed by atoms with Crippen molar-refractivity contribution < 1.29 is 9.59 Å². The van der Waals surface area contributed by atoms with Gasteiger partial charge in [0.25, 0.3) is 0 Å². The second-order valence-corrected chi connectivity index (χ2v) is 9.69. The highest BCUT2D eigenvalue weighted by atomic mass is 127. The number of nitrogens with zero attached hydrogens (tertiary/aromatic N) is 3. The molecule has 1 aliphatic heterocycles. The molecule has 156 valence electrons. The van der Waals surface area contributed by atoms with Gasteiger partial charge in [0.05, 0.1) is 17.8 Å². The Morgan fingerprint density at radius 3 is 2.83 bits per heavy atom. The normalized spacial score (nSPS) is 22.4. The molecular formula is C22H24IN5O2. The fraction of sp³-hybridized carbons (Fsp3) is 0.409. The standard InChI is InChI=1S/C22H24IN5O2/c1-11-16(12(2)27(3)26-11)10-21(29)28-19-6-13(19)7-20(28)22(30)25-18-9-14(23)8-17-15(18)4-5-24-17/h4-5,8-9,13,19-20,24H,6-7,10H2,1-3H3,(H,25,30)/t13-,19-,20-/m0/s1. The van der Waals surface area contributed by atoms with Crippen molar-refractivity contribution in [3.63, 3.8) is 0 Å². The Hall–Kier alpha value is -2.36. The van der Waals surface area contributed by atoms with E-state index in [2.05, 4.69) is 38.0 Å². The Labute approximate surface area is 188 Å². The lowest BCUT2D eigenvalue weighted by Gasteiger charge is -2.27. The summed E-state index contributed by atoms with van der Waals surface area (Å²) in [5.74, 6) is 0.373. The number of carbonyl (C=O) groups is 2. The molecule has 1 aromatic carbocycles. The van der Waals surface area contributed by atoms with Crippen LogP contribution in [0.3, 0.4) is 0 Å². The monoisotopic (exact) mass is 517 g/mol. The molecule has 1 saturated heterocycles. The number of likely N-dealkylation sites (tertiary alicyclic amines) is 1. The van der Waals surface area contributed by atoms with E-state index in [9.17, 15) is 9.59 Å². The Morgan fingerprint density at radius 1 is 1.30 bits per heavy atom. The average Bonchev–Trinajstić information content (AvgIpc) is 3.02. The first-order valence-electron chi connectivity index (χ1n) is 10.2. The summed E-state index contributed by atoms with van der Waals surface area (Å²) in [7, 11) is 1.89. The summed E-state index contributed by atoms with van der Waals surface area (Å²) in [6.45, 7) is 3.92. The lowest BCUT2D eigenvalue weighted by atomic mass is 10.1. The van der Waals surface area contributed by atoms with Crippen LogP contribution >= 0.6 is 22.6 Å². The Morgan fingerprint density at radius 2 is 2.10 bits per heavy atom. The number of aromatic nitrogens is 3. The van der Waals surface area contributed by atoms with Gasteiger partial charge in [-0.2, -0.15) is 5.10 Å². The van der Waals surface area contributed by atoms with E-state index in [1.807, 2.05) is 54.9 Å². The van der Waals surface area contributed by atoms with Gasteiger partial charge in [0.1, 0.15) is 6.04 Å². The number of benzene rings is 1. The van der Waals surface area contributed by atoms with Crippen LogP contribution in [0.25, 0.3) is 10.9 Å². The molecule has 0 unspecified atom stereocenters. The highest BCUT2D eigenvalue weighted by Gasteiger charge is 2.56. The molecule has 2 fully saturated rings. The molecule has 0 bridgehead atoms. The minimum atomic E-state index is -0.412. The van der Waals surface area contributed by atoms with E-state index < -0.39 is 6.04 Å². The molecule has 30 heavy (non-hydrogen) atoms. The molecule has 0 spiro atoms. The van der Waals surface area contributed by atoms with Gasteiger partial charge < -0.3 is 15.2 Å². The maximum absolute atomic E-state index is 13.3. The van der Waals surface area contributed by atoms with Gasteiger partial charge in [-0.1, -0.05) is 0 Å². The van der Waals surface area contributed by atoms with Gasteiger partial charge in [-0.25, -0.2) is 0 Å². The highest BCUT2D eigenvalue weighted by molar-refractivity contribution is 14.1. The van der Waals surface area contributed by atoms with Crippen LogP contribution in [-0.2, 0) is 23.1 Å². The molecule has 1 saturated carbocycles. The van der Waals surface area contributed by atoms with Crippen LogP contribution < -0.4 is 5.32 Å². The maximum Gasteiger partial charge on any atom is 0.247 e. The van der Waals surface area contributed by atoms with Crippen molar-refractivity contribution in [3.05, 3.63) is 44.9 Å². The lowest BCUT2D eigenvalue weighted by molar-refractivity contribution is -0.137. The average molecular weight is 517 g/mol. The summed E-state index contributed by atoms with van der Waals surface area (Å²) in [5.41, 5.74) is 4.63. The number of aromatic amines is 1. The Kier molecular flexibility index (Phi) is 4.64. The second kappa shape index (κ2) is 7.11. The third-order valence-corrected chi connectivity index (χ3v) is 7.20. The summed E-state index contributed by atoms with van der Waals surface area (Å²) in [6.07, 6.45) is 3.92. The van der Waals surface area contributed by atoms with Crippen LogP contribution in [-0.4, -0.2) is 43.6 Å². The van der Waals surface area contributed by atoms with Crippen LogP contribution in [0.1, 0.15) is 29.8 Å². The fourth-order valence-electron chi connectivity index (χ4n) is 4.82. The summed E-state index contributed by atoms with van der Waals surface area (Å²) in [5, 5.41) is 8.50. The molecule has 5 rings (SSSR count). The quantitative estimate of drug-likeness (QED) is 0.522. The van der Waals surface area contributed by atoms with Crippen LogP contribution in [0, 0.1) is 23.3 Å². The third kappa shape index (κ3) is 3.21. The first-order valence-corrected chi connectivity index (χ1v) is 11.3. The van der Waals surface area contributed by atoms with Gasteiger partial charge in [-0.3, -0.25) is 14.3 Å². The molecular weight excluding hydrogens is 493 g/mol. The molecule has 2 amide bonds. The number of hydrogen-bond donors (Lipinski definition) is 2. The number of halogens is 1. The van der Waals surface area contributed by atoms with Crippen molar-refractivity contribution >= 4 is 51.0 Å². The van der Waals surface area contributed by atoms with E-state index >= 15 is 0 Å². The van der Waals surface area contributed by atoms with Crippen LogP contribution in [0.15, 0.2) is 24.4 Å². The van der Waals surface area contributed by atoms with E-state index in [1.54, 1.807) is 0 Å². The minimum Gasteiger partial charge on any atom is -0.361 e. The molecule has 8 heteroatoms. The lowest BCUT2D eigenvalue weighted by Crippen LogP contribution is -2.46. The van der Waals surface area contributed by atoms with Crippen molar-refractivity contribution in [2.45, 2.75) is 45.2 Å². The third-order valence-electron chi connectivity index (χ3n) is 6.57. The van der Waals surface area contributed by atoms with Crippen molar-refractivity contribution in [1.29, 1.82) is 0 Å². The number of aryl methyl sites for hydroxylation is 2. The minimum absolute atomic E-state index is 0.0220. The predicted molar refractivity (Wildman–Crippen MR) is 123 cm³/mol. The largest absolute Gasteiger partial charge is 0.361 e. The maximum atomic E-state index is 13.3. The molecule has 2 aromatic heterocycles. The molecule has 1 aliphatic carbocycles. The van der Waals surface area contributed by atoms with Gasteiger partial charge in [0.2, 0.25) is 11.8 Å². The zero-order valence-corrected chi connectivity index (χ0v) is 19.4. The first-order chi connectivity index (χ1) is 14.3. The SMILES string of the molecule is Cc1nn(C)c(C)c1CC(=O)N1[C@H](C(=O)Nc2cc(I)cc3[nH]ccc23)C[C@@H]2C[C@@H]21. The van der Waals surface area contributed by atoms with Gasteiger partial charge in [0, 0.05) is 45.0 Å². The highest BCUT2D eigenvalue weighted by Crippen LogP contribution is 2.48. The van der Waals surface area contributed by atoms with E-state index in [-0.39, 0.29) is 17.9 Å². The number of carbonyl (C=O) groups excluding carboxylic acids is 2. The molecule has 0 radical (unpaired) electrons. The van der Waals surface area contributed by atoms with E-state index in [1.165, 1.54) is 0 Å². The number of H-pyrrole nitrogens is 1. The van der Waals surface area contributed by atoms with Crippen LogP contribution in [0.5, 0.6) is 0 Å². The number of fused-ring (bicyclic) bond motifs is 2. The number of piperidine rings is 1. The van der Waals surface area contributed by atoms with Crippen molar-refractivity contribution in [2.24, 2.45) is 13.0 Å². The second-order valence-electron chi connectivity index (χ2n) is 8.45. The Bertz CT molecular complexity index is 1180. The van der Waals surface area contributed by atoms with Gasteiger partial charge in [-0.15, -0.1) is 0 Å². The van der Waals surface area contributed by atoms with Crippen molar-refractivity contribution in [3.8, 4) is 0 Å². The number of rotatable bonds is 4. The molecule has 3 aromatic rings. The fourth-order valence-corrected chi connectivity index (χ4v) is 5.44. The van der Waals surface area contributed by atoms with Gasteiger partial charge in [0.15, 0.2) is 0 Å². The number of anilines is 1. The number of nitrogens with one attached hydrogen (secondary N) is 2. The van der Waals surface area contributed by atoms with Crippen LogP contribution in [0.4, 0.5) is 5.69 Å². The zero-order valence-electron chi connectivity index (χ0n) is 17.2. The molecule has 2 N–H and O–H groups in total. The number of amides is 2. The smallest absolute Gasteiger partial charge is 0.247 e. The number of hydrogen-bond acceptors (Lipinski definition) is 3. The van der Waals surface area contributed by atoms with Crippen molar-refractivity contribution in [2.75, 3.05) is 5.32 Å². The van der Waals surface area contributed by atoms with Gasteiger partial charge in [-0.05, 0) is 73.4 Å².